The van der Waals surface area contributed by atoms with E-state index in [2.05, 4.69) is 20.9 Å². The molecule has 0 unspecified atom stereocenters. The molecule has 1 aromatic rings. The lowest BCUT2D eigenvalue weighted by atomic mass is 10.1. The van der Waals surface area contributed by atoms with Crippen LogP contribution in [0.5, 0.6) is 0 Å². The third-order valence-corrected chi connectivity index (χ3v) is 3.32. The van der Waals surface area contributed by atoms with Gasteiger partial charge in [0, 0.05) is 29.2 Å². The maximum atomic E-state index is 13.7. The van der Waals surface area contributed by atoms with Crippen LogP contribution in [0.3, 0.4) is 0 Å². The number of guanidine groups is 1. The third kappa shape index (κ3) is 7.64. The average molecular weight is 357 g/mol. The molecule has 0 saturated heterocycles. The van der Waals surface area contributed by atoms with Crippen molar-refractivity contribution in [1.29, 1.82) is 0 Å². The van der Waals surface area contributed by atoms with Gasteiger partial charge in [-0.1, -0.05) is 17.7 Å². The van der Waals surface area contributed by atoms with Crippen molar-refractivity contribution in [1.82, 2.24) is 16.0 Å². The number of aliphatic imine (C=N–C) groups is 1. The molecule has 0 fully saturated rings. The molecule has 0 radical (unpaired) electrons. The molecule has 5 nitrogen and oxygen atoms in total. The van der Waals surface area contributed by atoms with Gasteiger partial charge in [-0.2, -0.15) is 0 Å². The van der Waals surface area contributed by atoms with E-state index in [1.807, 2.05) is 27.7 Å². The number of carbonyl (C=O) groups excluding carboxylic acids is 1. The van der Waals surface area contributed by atoms with Crippen LogP contribution in [0, 0.1) is 5.82 Å². The number of nitrogens with one attached hydrogen (secondary N) is 3. The van der Waals surface area contributed by atoms with Crippen molar-refractivity contribution < 1.29 is 9.18 Å². The fourth-order valence-electron chi connectivity index (χ4n) is 2.03. The molecule has 0 heterocycles. The molecule has 0 aliphatic carbocycles. The molecule has 0 bridgehead atoms. The first-order valence-electron chi connectivity index (χ1n) is 7.99. The zero-order chi connectivity index (χ0) is 18.2. The summed E-state index contributed by atoms with van der Waals surface area (Å²) in [6, 6.07) is 4.63. The fraction of sp³-hybridized carbons (Fsp3) is 0.529. The quantitative estimate of drug-likeness (QED) is 0.542. The molecule has 3 N–H and O–H groups in total. The van der Waals surface area contributed by atoms with E-state index in [0.29, 0.717) is 36.1 Å². The Kier molecular flexibility index (Phi) is 7.98. The Balaban J connectivity index is 2.57. The average Bonchev–Trinajstić information content (AvgIpc) is 2.46. The van der Waals surface area contributed by atoms with Crippen molar-refractivity contribution in [2.24, 2.45) is 4.99 Å². The highest BCUT2D eigenvalue weighted by Crippen LogP contribution is 2.18. The number of hydrogen-bond acceptors (Lipinski definition) is 2. The van der Waals surface area contributed by atoms with Gasteiger partial charge in [-0.3, -0.25) is 4.79 Å². The minimum Gasteiger partial charge on any atom is -0.357 e. The molecular formula is C17H26ClFN4O. The van der Waals surface area contributed by atoms with Crippen molar-refractivity contribution in [2.75, 3.05) is 19.6 Å². The monoisotopic (exact) mass is 356 g/mol. The van der Waals surface area contributed by atoms with E-state index in [0.717, 1.165) is 0 Å². The van der Waals surface area contributed by atoms with Crippen molar-refractivity contribution in [3.05, 3.63) is 34.6 Å². The molecule has 0 saturated carbocycles. The second-order valence-electron chi connectivity index (χ2n) is 6.37. The van der Waals surface area contributed by atoms with Gasteiger partial charge in [0.2, 0.25) is 5.91 Å². The summed E-state index contributed by atoms with van der Waals surface area (Å²) in [6.45, 7) is 8.80. The van der Waals surface area contributed by atoms with Crippen LogP contribution >= 0.6 is 11.6 Å². The normalized spacial score (nSPS) is 12.0. The first-order chi connectivity index (χ1) is 11.2. The van der Waals surface area contributed by atoms with E-state index in [9.17, 15) is 9.18 Å². The maximum absolute atomic E-state index is 13.7. The molecule has 1 amide bonds. The Morgan fingerprint density at radius 3 is 2.58 bits per heavy atom. The molecular weight excluding hydrogens is 331 g/mol. The Bertz CT molecular complexity index is 564. The van der Waals surface area contributed by atoms with E-state index < -0.39 is 0 Å². The number of halogens is 2. The van der Waals surface area contributed by atoms with Crippen molar-refractivity contribution in [2.45, 2.75) is 39.7 Å². The first-order valence-corrected chi connectivity index (χ1v) is 8.37. The Morgan fingerprint density at radius 2 is 2.00 bits per heavy atom. The van der Waals surface area contributed by atoms with Gasteiger partial charge in [0.25, 0.3) is 0 Å². The molecule has 0 aliphatic rings. The van der Waals surface area contributed by atoms with Gasteiger partial charge < -0.3 is 16.0 Å². The second-order valence-corrected chi connectivity index (χ2v) is 6.78. The van der Waals surface area contributed by atoms with Gasteiger partial charge in [0.05, 0.1) is 0 Å². The standard InChI is InChI=1S/C17H26ClFN4O/c1-5-20-16(22-11-15(24)23-17(2,3)4)21-10-9-12-13(18)7-6-8-14(12)19/h6-8H,5,9-11H2,1-4H3,(H,23,24)(H2,20,21,22). The highest BCUT2D eigenvalue weighted by atomic mass is 35.5. The summed E-state index contributed by atoms with van der Waals surface area (Å²) in [6.07, 6.45) is 0.421. The summed E-state index contributed by atoms with van der Waals surface area (Å²) in [5, 5.41) is 9.37. The molecule has 7 heteroatoms. The molecule has 134 valence electrons. The number of rotatable bonds is 6. The number of amides is 1. The minimum absolute atomic E-state index is 0.0209. The predicted octanol–water partition coefficient (Wildman–Crippen LogP) is 2.49. The Hall–Kier alpha value is -1.82. The van der Waals surface area contributed by atoms with Gasteiger partial charge in [0.15, 0.2) is 5.96 Å². The summed E-state index contributed by atoms with van der Waals surface area (Å²) in [7, 11) is 0. The number of nitrogens with zero attached hydrogens (tertiary/aromatic N) is 1. The summed E-state index contributed by atoms with van der Waals surface area (Å²) in [4.78, 5) is 16.0. The molecule has 1 aromatic carbocycles. The van der Waals surface area contributed by atoms with Crippen LogP contribution < -0.4 is 16.0 Å². The molecule has 1 rings (SSSR count). The lowest BCUT2D eigenvalue weighted by Crippen LogP contribution is -2.43. The minimum atomic E-state index is -0.323. The molecule has 0 aliphatic heterocycles. The highest BCUT2D eigenvalue weighted by molar-refractivity contribution is 6.31. The maximum Gasteiger partial charge on any atom is 0.242 e. The van der Waals surface area contributed by atoms with E-state index in [4.69, 9.17) is 11.6 Å². The number of carbonyl (C=O) groups is 1. The van der Waals surface area contributed by atoms with Crippen LogP contribution in [0.1, 0.15) is 33.3 Å². The molecule has 0 aromatic heterocycles. The lowest BCUT2D eigenvalue weighted by Gasteiger charge is -2.20. The lowest BCUT2D eigenvalue weighted by molar-refractivity contribution is -0.121. The van der Waals surface area contributed by atoms with Crippen molar-refractivity contribution in [3.63, 3.8) is 0 Å². The first kappa shape index (κ1) is 20.2. The Morgan fingerprint density at radius 1 is 1.29 bits per heavy atom. The van der Waals surface area contributed by atoms with E-state index in [1.165, 1.54) is 6.07 Å². The van der Waals surface area contributed by atoms with Gasteiger partial charge in [-0.05, 0) is 46.2 Å². The van der Waals surface area contributed by atoms with Crippen molar-refractivity contribution in [3.8, 4) is 0 Å². The van der Waals surface area contributed by atoms with Crippen LogP contribution in [-0.4, -0.2) is 37.0 Å². The molecule has 0 spiro atoms. The summed E-state index contributed by atoms with van der Waals surface area (Å²) < 4.78 is 13.7. The van der Waals surface area contributed by atoms with Gasteiger partial charge in [0.1, 0.15) is 12.4 Å². The van der Waals surface area contributed by atoms with Gasteiger partial charge in [-0.25, -0.2) is 9.38 Å². The summed E-state index contributed by atoms with van der Waals surface area (Å²) in [5.74, 6) is 0.0293. The van der Waals surface area contributed by atoms with Crippen LogP contribution in [0.4, 0.5) is 4.39 Å². The number of benzene rings is 1. The topological polar surface area (TPSA) is 65.5 Å². The van der Waals surface area contributed by atoms with Gasteiger partial charge >= 0.3 is 0 Å². The van der Waals surface area contributed by atoms with Crippen molar-refractivity contribution >= 4 is 23.5 Å². The second kappa shape index (κ2) is 9.47. The molecule has 0 atom stereocenters. The van der Waals surface area contributed by atoms with E-state index in [1.54, 1.807) is 12.1 Å². The number of hydrogen-bond donors (Lipinski definition) is 3. The smallest absolute Gasteiger partial charge is 0.242 e. The summed E-state index contributed by atoms with van der Waals surface area (Å²) >= 11 is 6.00. The largest absolute Gasteiger partial charge is 0.357 e. The van der Waals surface area contributed by atoms with Crippen LogP contribution in [0.15, 0.2) is 23.2 Å². The SMILES string of the molecule is CCNC(=NCC(=O)NC(C)(C)C)NCCc1c(F)cccc1Cl. The third-order valence-electron chi connectivity index (χ3n) is 2.97. The zero-order valence-electron chi connectivity index (χ0n) is 14.7. The van der Waals surface area contributed by atoms with E-state index in [-0.39, 0.29) is 23.8 Å². The van der Waals surface area contributed by atoms with Crippen LogP contribution in [0.25, 0.3) is 0 Å². The predicted molar refractivity (Wildman–Crippen MR) is 97.0 cm³/mol. The fourth-order valence-corrected chi connectivity index (χ4v) is 2.28. The summed E-state index contributed by atoms with van der Waals surface area (Å²) in [5.41, 5.74) is 0.174. The highest BCUT2D eigenvalue weighted by Gasteiger charge is 2.13. The van der Waals surface area contributed by atoms with Crippen LogP contribution in [-0.2, 0) is 11.2 Å². The van der Waals surface area contributed by atoms with E-state index >= 15 is 0 Å². The van der Waals surface area contributed by atoms with Gasteiger partial charge in [-0.15, -0.1) is 0 Å². The van der Waals surface area contributed by atoms with Crippen LogP contribution in [0.2, 0.25) is 5.02 Å². The molecule has 24 heavy (non-hydrogen) atoms. The Labute approximate surface area is 148 Å². The zero-order valence-corrected chi connectivity index (χ0v) is 15.4.